The first-order valence-corrected chi connectivity index (χ1v) is 7.69. The maximum absolute atomic E-state index is 9.22. The summed E-state index contributed by atoms with van der Waals surface area (Å²) in [6, 6.07) is 0. The van der Waals surface area contributed by atoms with Crippen molar-refractivity contribution < 1.29 is 5.11 Å². The zero-order chi connectivity index (χ0) is 14.2. The molecule has 2 rings (SSSR count). The van der Waals surface area contributed by atoms with E-state index in [1.165, 1.54) is 18.4 Å². The molecule has 1 unspecified atom stereocenters. The van der Waals surface area contributed by atoms with E-state index in [9.17, 15) is 5.11 Å². The van der Waals surface area contributed by atoms with Crippen LogP contribution in [0.5, 0.6) is 0 Å². The highest BCUT2D eigenvalue weighted by Gasteiger charge is 2.18. The van der Waals surface area contributed by atoms with Crippen molar-refractivity contribution in [2.75, 3.05) is 38.1 Å². The number of likely N-dealkylation sites (tertiary alicyclic amines) is 1. The highest BCUT2D eigenvalue weighted by Crippen LogP contribution is 2.15. The highest BCUT2D eigenvalue weighted by atomic mass is 16.3. The number of aryl methyl sites for hydroxylation is 1. The SMILES string of the molecule is CCc1cnc(NCCCN2CCCC(CO)C2)nc1. The van der Waals surface area contributed by atoms with E-state index >= 15 is 0 Å². The normalized spacial score (nSPS) is 20.0. The molecule has 1 aliphatic heterocycles. The Kier molecular flexibility index (Phi) is 6.21. The fourth-order valence-corrected chi connectivity index (χ4v) is 2.63. The molecule has 112 valence electrons. The number of nitrogens with one attached hydrogen (secondary N) is 1. The van der Waals surface area contributed by atoms with Crippen LogP contribution in [0.1, 0.15) is 31.7 Å². The number of anilines is 1. The number of hydrogen-bond donors (Lipinski definition) is 2. The van der Waals surface area contributed by atoms with Crippen molar-refractivity contribution in [3.8, 4) is 0 Å². The molecule has 20 heavy (non-hydrogen) atoms. The molecule has 5 heteroatoms. The molecular formula is C15H26N4O. The Morgan fingerprint density at radius 1 is 1.40 bits per heavy atom. The van der Waals surface area contributed by atoms with Crippen molar-refractivity contribution in [1.29, 1.82) is 0 Å². The van der Waals surface area contributed by atoms with Gasteiger partial charge in [-0.05, 0) is 50.3 Å². The average molecular weight is 278 g/mol. The Hall–Kier alpha value is -1.20. The van der Waals surface area contributed by atoms with Crippen LogP contribution >= 0.6 is 0 Å². The average Bonchev–Trinajstić information content (AvgIpc) is 2.52. The third-order valence-electron chi connectivity index (χ3n) is 3.91. The van der Waals surface area contributed by atoms with E-state index in [-0.39, 0.29) is 0 Å². The maximum Gasteiger partial charge on any atom is 0.222 e. The smallest absolute Gasteiger partial charge is 0.222 e. The summed E-state index contributed by atoms with van der Waals surface area (Å²) in [5.74, 6) is 1.19. The lowest BCUT2D eigenvalue weighted by molar-refractivity contribution is 0.120. The summed E-state index contributed by atoms with van der Waals surface area (Å²) in [7, 11) is 0. The lowest BCUT2D eigenvalue weighted by Gasteiger charge is -2.31. The second-order valence-corrected chi connectivity index (χ2v) is 5.54. The van der Waals surface area contributed by atoms with Gasteiger partial charge in [-0.25, -0.2) is 9.97 Å². The summed E-state index contributed by atoms with van der Waals surface area (Å²) in [5.41, 5.74) is 1.17. The van der Waals surface area contributed by atoms with E-state index < -0.39 is 0 Å². The van der Waals surface area contributed by atoms with Crippen LogP contribution in [0.2, 0.25) is 0 Å². The maximum atomic E-state index is 9.22. The number of piperidine rings is 1. The van der Waals surface area contributed by atoms with Gasteiger partial charge in [0.25, 0.3) is 0 Å². The zero-order valence-corrected chi connectivity index (χ0v) is 12.4. The molecule has 1 aromatic heterocycles. The predicted molar refractivity (Wildman–Crippen MR) is 80.8 cm³/mol. The van der Waals surface area contributed by atoms with Crippen LogP contribution in [0.15, 0.2) is 12.4 Å². The molecule has 0 radical (unpaired) electrons. The van der Waals surface area contributed by atoms with Crippen LogP contribution in [0.4, 0.5) is 5.95 Å². The number of aliphatic hydroxyl groups excluding tert-OH is 1. The predicted octanol–water partition coefficient (Wildman–Crippen LogP) is 1.55. The lowest BCUT2D eigenvalue weighted by atomic mass is 9.99. The standard InChI is InChI=1S/C15H26N4O/c1-2-13-9-17-15(18-10-13)16-6-4-8-19-7-3-5-14(11-19)12-20/h9-10,14,20H,2-8,11-12H2,1H3,(H,16,17,18). The van der Waals surface area contributed by atoms with E-state index in [0.29, 0.717) is 18.5 Å². The Bertz CT molecular complexity index is 382. The van der Waals surface area contributed by atoms with Gasteiger partial charge in [-0.15, -0.1) is 0 Å². The van der Waals surface area contributed by atoms with E-state index in [1.807, 2.05) is 12.4 Å². The molecule has 1 aromatic rings. The van der Waals surface area contributed by atoms with Crippen LogP contribution in [-0.2, 0) is 6.42 Å². The number of rotatable bonds is 7. The summed E-state index contributed by atoms with van der Waals surface area (Å²) >= 11 is 0. The molecule has 0 bridgehead atoms. The van der Waals surface area contributed by atoms with Crippen LogP contribution < -0.4 is 5.32 Å². The van der Waals surface area contributed by atoms with Crippen molar-refractivity contribution in [2.24, 2.45) is 5.92 Å². The second kappa shape index (κ2) is 8.17. The van der Waals surface area contributed by atoms with Crippen LogP contribution in [0.3, 0.4) is 0 Å². The molecule has 1 atom stereocenters. The zero-order valence-electron chi connectivity index (χ0n) is 12.4. The molecule has 0 amide bonds. The molecule has 0 spiro atoms. The summed E-state index contributed by atoms with van der Waals surface area (Å²) in [6.07, 6.45) is 8.19. The monoisotopic (exact) mass is 278 g/mol. The number of aromatic nitrogens is 2. The van der Waals surface area contributed by atoms with Gasteiger partial charge in [0.2, 0.25) is 5.95 Å². The molecule has 2 N–H and O–H groups in total. The van der Waals surface area contributed by atoms with Gasteiger partial charge < -0.3 is 15.3 Å². The van der Waals surface area contributed by atoms with Crippen molar-refractivity contribution in [3.05, 3.63) is 18.0 Å². The van der Waals surface area contributed by atoms with Crippen LogP contribution in [0, 0.1) is 5.92 Å². The summed E-state index contributed by atoms with van der Waals surface area (Å²) in [6.45, 7) is 6.61. The van der Waals surface area contributed by atoms with Gasteiger partial charge in [0.15, 0.2) is 0 Å². The highest BCUT2D eigenvalue weighted by molar-refractivity contribution is 5.24. The Morgan fingerprint density at radius 2 is 2.20 bits per heavy atom. The van der Waals surface area contributed by atoms with E-state index in [1.54, 1.807) is 0 Å². The van der Waals surface area contributed by atoms with Gasteiger partial charge >= 0.3 is 0 Å². The van der Waals surface area contributed by atoms with E-state index in [0.717, 1.165) is 39.0 Å². The largest absolute Gasteiger partial charge is 0.396 e. The molecule has 1 aliphatic rings. The lowest BCUT2D eigenvalue weighted by Crippen LogP contribution is -2.37. The van der Waals surface area contributed by atoms with Gasteiger partial charge in [-0.1, -0.05) is 6.92 Å². The third-order valence-corrected chi connectivity index (χ3v) is 3.91. The van der Waals surface area contributed by atoms with Gasteiger partial charge in [0, 0.05) is 32.1 Å². The fraction of sp³-hybridized carbons (Fsp3) is 0.733. The van der Waals surface area contributed by atoms with Gasteiger partial charge in [-0.3, -0.25) is 0 Å². The molecule has 2 heterocycles. The van der Waals surface area contributed by atoms with Gasteiger partial charge in [-0.2, -0.15) is 0 Å². The minimum Gasteiger partial charge on any atom is -0.396 e. The molecule has 0 saturated carbocycles. The third kappa shape index (κ3) is 4.72. The summed E-state index contributed by atoms with van der Waals surface area (Å²) in [5, 5.41) is 12.5. The minimum atomic E-state index is 0.326. The van der Waals surface area contributed by atoms with Crippen molar-refractivity contribution in [1.82, 2.24) is 14.9 Å². The summed E-state index contributed by atoms with van der Waals surface area (Å²) < 4.78 is 0. The molecule has 1 saturated heterocycles. The summed E-state index contributed by atoms with van der Waals surface area (Å²) in [4.78, 5) is 11.0. The van der Waals surface area contributed by atoms with Crippen molar-refractivity contribution >= 4 is 5.95 Å². The van der Waals surface area contributed by atoms with Gasteiger partial charge in [0.1, 0.15) is 0 Å². The van der Waals surface area contributed by atoms with Crippen molar-refractivity contribution in [3.63, 3.8) is 0 Å². The first kappa shape index (κ1) is 15.2. The van der Waals surface area contributed by atoms with Crippen LogP contribution in [-0.4, -0.2) is 52.8 Å². The molecule has 0 aromatic carbocycles. The fourth-order valence-electron chi connectivity index (χ4n) is 2.63. The number of nitrogens with zero attached hydrogens (tertiary/aromatic N) is 3. The number of aliphatic hydroxyl groups is 1. The van der Waals surface area contributed by atoms with E-state index in [4.69, 9.17) is 0 Å². The number of hydrogen-bond acceptors (Lipinski definition) is 5. The second-order valence-electron chi connectivity index (χ2n) is 5.54. The quantitative estimate of drug-likeness (QED) is 0.741. The van der Waals surface area contributed by atoms with Gasteiger partial charge in [0.05, 0.1) is 0 Å². The first-order valence-electron chi connectivity index (χ1n) is 7.69. The Morgan fingerprint density at radius 3 is 2.90 bits per heavy atom. The molecule has 0 aliphatic carbocycles. The Balaban J connectivity index is 1.63. The molecular weight excluding hydrogens is 252 g/mol. The topological polar surface area (TPSA) is 61.3 Å². The van der Waals surface area contributed by atoms with E-state index in [2.05, 4.69) is 27.1 Å². The molecule has 5 nitrogen and oxygen atoms in total. The van der Waals surface area contributed by atoms with Crippen molar-refractivity contribution in [2.45, 2.75) is 32.6 Å². The Labute approximate surface area is 121 Å². The minimum absolute atomic E-state index is 0.326. The molecule has 1 fully saturated rings. The van der Waals surface area contributed by atoms with Crippen LogP contribution in [0.25, 0.3) is 0 Å². The first-order chi connectivity index (χ1) is 9.81.